The van der Waals surface area contributed by atoms with E-state index in [9.17, 15) is 12.8 Å². The van der Waals surface area contributed by atoms with Crippen molar-refractivity contribution in [3.8, 4) is 11.5 Å². The molecule has 0 aliphatic rings. The molecule has 0 amide bonds. The van der Waals surface area contributed by atoms with E-state index in [0.717, 1.165) is 5.56 Å². The van der Waals surface area contributed by atoms with Gasteiger partial charge in [0.15, 0.2) is 11.5 Å². The van der Waals surface area contributed by atoms with Crippen molar-refractivity contribution in [2.45, 2.75) is 32.6 Å². The van der Waals surface area contributed by atoms with E-state index in [0.29, 0.717) is 24.7 Å². The van der Waals surface area contributed by atoms with Gasteiger partial charge in [0.2, 0.25) is 10.0 Å². The van der Waals surface area contributed by atoms with Crippen LogP contribution in [0.3, 0.4) is 0 Å². The standard InChI is InChI=1S/C19H24FNO4S/c1-4-24-18-11-10-15(12-19(18)25-5-2)14(3)21-26(22,23)13-16-8-6-7-9-17(16)20/h6-12,14,21H,4-5,13H2,1-3H3. The minimum Gasteiger partial charge on any atom is -0.490 e. The Morgan fingerprint density at radius 2 is 1.69 bits per heavy atom. The number of ether oxygens (including phenoxy) is 2. The average molecular weight is 381 g/mol. The van der Waals surface area contributed by atoms with Gasteiger partial charge in [0, 0.05) is 11.6 Å². The number of sulfonamides is 1. The highest BCUT2D eigenvalue weighted by Gasteiger charge is 2.19. The third-order valence-corrected chi connectivity index (χ3v) is 5.13. The van der Waals surface area contributed by atoms with Crippen LogP contribution in [-0.4, -0.2) is 21.6 Å². The van der Waals surface area contributed by atoms with E-state index in [1.54, 1.807) is 31.2 Å². The van der Waals surface area contributed by atoms with Crippen molar-refractivity contribution in [2.75, 3.05) is 13.2 Å². The van der Waals surface area contributed by atoms with Gasteiger partial charge in [-0.3, -0.25) is 0 Å². The van der Waals surface area contributed by atoms with Crippen LogP contribution in [0.4, 0.5) is 4.39 Å². The van der Waals surface area contributed by atoms with Crippen LogP contribution in [0, 0.1) is 5.82 Å². The van der Waals surface area contributed by atoms with E-state index in [-0.39, 0.29) is 5.56 Å². The van der Waals surface area contributed by atoms with Crippen molar-refractivity contribution in [2.24, 2.45) is 0 Å². The Hall–Kier alpha value is -2.12. The van der Waals surface area contributed by atoms with E-state index < -0.39 is 27.6 Å². The molecule has 0 aliphatic heterocycles. The van der Waals surface area contributed by atoms with Crippen molar-refractivity contribution < 1.29 is 22.3 Å². The number of benzene rings is 2. The number of halogens is 1. The minimum atomic E-state index is -3.71. The van der Waals surface area contributed by atoms with Crippen LogP contribution >= 0.6 is 0 Å². The van der Waals surface area contributed by atoms with Gasteiger partial charge in [0.1, 0.15) is 5.82 Å². The summed E-state index contributed by atoms with van der Waals surface area (Å²) in [7, 11) is -3.71. The number of rotatable bonds is 9. The Balaban J connectivity index is 2.16. The number of nitrogens with one attached hydrogen (secondary N) is 1. The molecule has 0 aliphatic carbocycles. The predicted octanol–water partition coefficient (Wildman–Crippen LogP) is 3.80. The first-order valence-corrected chi connectivity index (χ1v) is 10.1. The van der Waals surface area contributed by atoms with E-state index in [2.05, 4.69) is 4.72 Å². The van der Waals surface area contributed by atoms with Crippen LogP contribution in [0.2, 0.25) is 0 Å². The van der Waals surface area contributed by atoms with Crippen molar-refractivity contribution in [1.29, 1.82) is 0 Å². The molecule has 1 N–H and O–H groups in total. The van der Waals surface area contributed by atoms with E-state index >= 15 is 0 Å². The summed E-state index contributed by atoms with van der Waals surface area (Å²) in [6.45, 7) is 6.44. The van der Waals surface area contributed by atoms with Gasteiger partial charge in [-0.25, -0.2) is 17.5 Å². The molecule has 7 heteroatoms. The topological polar surface area (TPSA) is 64.6 Å². The second kappa shape index (κ2) is 9.00. The molecule has 0 spiro atoms. The third kappa shape index (κ3) is 5.44. The van der Waals surface area contributed by atoms with Gasteiger partial charge >= 0.3 is 0 Å². The third-order valence-electron chi connectivity index (χ3n) is 3.73. The fourth-order valence-corrected chi connectivity index (χ4v) is 3.94. The molecule has 5 nitrogen and oxygen atoms in total. The summed E-state index contributed by atoms with van der Waals surface area (Å²) < 4.78 is 52.1. The highest BCUT2D eigenvalue weighted by molar-refractivity contribution is 7.88. The highest BCUT2D eigenvalue weighted by Crippen LogP contribution is 2.31. The average Bonchev–Trinajstić information content (AvgIpc) is 2.58. The lowest BCUT2D eigenvalue weighted by atomic mass is 10.1. The monoisotopic (exact) mass is 381 g/mol. The van der Waals surface area contributed by atoms with Gasteiger partial charge in [-0.2, -0.15) is 0 Å². The van der Waals surface area contributed by atoms with E-state index in [1.165, 1.54) is 18.2 Å². The molecule has 0 radical (unpaired) electrons. The van der Waals surface area contributed by atoms with E-state index in [1.807, 2.05) is 13.8 Å². The largest absolute Gasteiger partial charge is 0.490 e. The van der Waals surface area contributed by atoms with Crippen molar-refractivity contribution in [3.05, 3.63) is 59.4 Å². The zero-order valence-electron chi connectivity index (χ0n) is 15.2. The maximum atomic E-state index is 13.7. The molecular formula is C19H24FNO4S. The first-order valence-electron chi connectivity index (χ1n) is 8.49. The molecule has 1 atom stereocenters. The molecule has 0 bridgehead atoms. The van der Waals surface area contributed by atoms with Crippen molar-refractivity contribution in [3.63, 3.8) is 0 Å². The Morgan fingerprint density at radius 1 is 1.04 bits per heavy atom. The van der Waals surface area contributed by atoms with E-state index in [4.69, 9.17) is 9.47 Å². The second-order valence-corrected chi connectivity index (χ2v) is 7.52. The maximum absolute atomic E-state index is 13.7. The Morgan fingerprint density at radius 3 is 2.35 bits per heavy atom. The Labute approximate surface area is 154 Å². The van der Waals surface area contributed by atoms with Crippen LogP contribution in [0.1, 0.15) is 37.9 Å². The van der Waals surface area contributed by atoms with Crippen molar-refractivity contribution in [1.82, 2.24) is 4.72 Å². The van der Waals surface area contributed by atoms with Gasteiger partial charge in [0.25, 0.3) is 0 Å². The molecule has 0 aromatic heterocycles. The first kappa shape index (κ1) is 20.2. The quantitative estimate of drug-likeness (QED) is 0.717. The zero-order chi connectivity index (χ0) is 19.2. The summed E-state index contributed by atoms with van der Waals surface area (Å²) in [6.07, 6.45) is 0. The number of hydrogen-bond acceptors (Lipinski definition) is 4. The SMILES string of the molecule is CCOc1ccc(C(C)NS(=O)(=O)Cc2ccccc2F)cc1OCC. The molecule has 0 saturated carbocycles. The van der Waals surface area contributed by atoms with Crippen LogP contribution in [0.5, 0.6) is 11.5 Å². The fourth-order valence-electron chi connectivity index (χ4n) is 2.54. The molecule has 2 rings (SSSR count). The van der Waals surface area contributed by atoms with Crippen LogP contribution in [0.25, 0.3) is 0 Å². The van der Waals surface area contributed by atoms with Crippen LogP contribution in [-0.2, 0) is 15.8 Å². The fraction of sp³-hybridized carbons (Fsp3) is 0.368. The minimum absolute atomic E-state index is 0.133. The summed E-state index contributed by atoms with van der Waals surface area (Å²) >= 11 is 0. The van der Waals surface area contributed by atoms with Crippen molar-refractivity contribution >= 4 is 10.0 Å². The summed E-state index contributed by atoms with van der Waals surface area (Å²) in [5, 5.41) is 0. The molecule has 0 fully saturated rings. The molecule has 0 saturated heterocycles. The Kier molecular flexibility index (Phi) is 6.99. The molecular weight excluding hydrogens is 357 g/mol. The smallest absolute Gasteiger partial charge is 0.216 e. The lowest BCUT2D eigenvalue weighted by Gasteiger charge is -2.18. The van der Waals surface area contributed by atoms with Gasteiger partial charge < -0.3 is 9.47 Å². The molecule has 26 heavy (non-hydrogen) atoms. The van der Waals surface area contributed by atoms with Crippen LogP contribution in [0.15, 0.2) is 42.5 Å². The second-order valence-electron chi connectivity index (χ2n) is 5.76. The number of hydrogen-bond donors (Lipinski definition) is 1. The lowest BCUT2D eigenvalue weighted by Crippen LogP contribution is -2.28. The first-order chi connectivity index (χ1) is 12.4. The maximum Gasteiger partial charge on any atom is 0.216 e. The summed E-state index contributed by atoms with van der Waals surface area (Å²) in [5.74, 6) is 0.219. The lowest BCUT2D eigenvalue weighted by molar-refractivity contribution is 0.287. The normalized spacial score (nSPS) is 12.6. The van der Waals surface area contributed by atoms with Gasteiger partial charge in [-0.05, 0) is 44.5 Å². The molecule has 1 unspecified atom stereocenters. The summed E-state index contributed by atoms with van der Waals surface area (Å²) in [4.78, 5) is 0. The van der Waals surface area contributed by atoms with Gasteiger partial charge in [0.05, 0.1) is 19.0 Å². The molecule has 2 aromatic rings. The molecule has 2 aromatic carbocycles. The summed E-state index contributed by atoms with van der Waals surface area (Å²) in [5.41, 5.74) is 0.864. The molecule has 142 valence electrons. The molecule has 0 heterocycles. The van der Waals surface area contributed by atoms with Gasteiger partial charge in [-0.1, -0.05) is 24.3 Å². The Bertz CT molecular complexity index is 839. The summed E-state index contributed by atoms with van der Waals surface area (Å²) in [6, 6.07) is 10.6. The van der Waals surface area contributed by atoms with Gasteiger partial charge in [-0.15, -0.1) is 0 Å². The zero-order valence-corrected chi connectivity index (χ0v) is 16.0. The predicted molar refractivity (Wildman–Crippen MR) is 99.4 cm³/mol. The van der Waals surface area contributed by atoms with Crippen LogP contribution < -0.4 is 14.2 Å². The highest BCUT2D eigenvalue weighted by atomic mass is 32.2.